The molecule has 1 aromatic carbocycles. The predicted molar refractivity (Wildman–Crippen MR) is 65.3 cm³/mol. The fourth-order valence-corrected chi connectivity index (χ4v) is 2.54. The first-order valence-corrected chi connectivity index (χ1v) is 6.20. The van der Waals surface area contributed by atoms with Gasteiger partial charge in [0.05, 0.1) is 0 Å². The third kappa shape index (κ3) is 2.96. The molecule has 0 radical (unpaired) electrons. The molecule has 0 spiro atoms. The first-order valence-electron chi connectivity index (χ1n) is 5.82. The van der Waals surface area contributed by atoms with E-state index in [1.807, 2.05) is 0 Å². The van der Waals surface area contributed by atoms with Gasteiger partial charge in [-0.15, -0.1) is 0 Å². The SMILES string of the molecule is CC1CCNC(Cc2cc(Cl)ccc2F)C1. The Kier molecular flexibility index (Phi) is 3.82. The van der Waals surface area contributed by atoms with Crippen LogP contribution in [-0.4, -0.2) is 12.6 Å². The average molecular weight is 242 g/mol. The minimum absolute atomic E-state index is 0.149. The van der Waals surface area contributed by atoms with E-state index in [2.05, 4.69) is 12.2 Å². The van der Waals surface area contributed by atoms with Crippen LogP contribution >= 0.6 is 11.6 Å². The monoisotopic (exact) mass is 241 g/mol. The second-order valence-corrected chi connectivity index (χ2v) is 5.16. The predicted octanol–water partition coefficient (Wildman–Crippen LogP) is 3.41. The van der Waals surface area contributed by atoms with Crippen LogP contribution in [0.15, 0.2) is 18.2 Å². The maximum atomic E-state index is 13.5. The molecule has 3 heteroatoms. The number of hydrogen-bond donors (Lipinski definition) is 1. The summed E-state index contributed by atoms with van der Waals surface area (Å²) in [7, 11) is 0. The van der Waals surface area contributed by atoms with Crippen LogP contribution in [0.3, 0.4) is 0 Å². The molecule has 0 saturated carbocycles. The highest BCUT2D eigenvalue weighted by atomic mass is 35.5. The first kappa shape index (κ1) is 11.9. The molecule has 1 fully saturated rings. The Morgan fingerprint density at radius 3 is 3.06 bits per heavy atom. The lowest BCUT2D eigenvalue weighted by molar-refractivity contribution is 0.317. The molecule has 1 heterocycles. The van der Waals surface area contributed by atoms with Gasteiger partial charge in [0.25, 0.3) is 0 Å². The molecule has 2 atom stereocenters. The highest BCUT2D eigenvalue weighted by Crippen LogP contribution is 2.21. The van der Waals surface area contributed by atoms with Crippen molar-refractivity contribution in [3.63, 3.8) is 0 Å². The van der Waals surface area contributed by atoms with Gasteiger partial charge in [0, 0.05) is 11.1 Å². The normalized spacial score (nSPS) is 25.7. The summed E-state index contributed by atoms with van der Waals surface area (Å²) >= 11 is 5.88. The standard InChI is InChI=1S/C13H17ClFN/c1-9-4-5-16-12(6-9)8-10-7-11(14)2-3-13(10)15/h2-3,7,9,12,16H,4-6,8H2,1H3. The van der Waals surface area contributed by atoms with Gasteiger partial charge in [-0.2, -0.15) is 0 Å². The van der Waals surface area contributed by atoms with Gasteiger partial charge >= 0.3 is 0 Å². The van der Waals surface area contributed by atoms with Crippen molar-refractivity contribution in [2.75, 3.05) is 6.54 Å². The Morgan fingerprint density at radius 1 is 1.50 bits per heavy atom. The molecule has 1 saturated heterocycles. The van der Waals surface area contributed by atoms with Gasteiger partial charge in [-0.3, -0.25) is 0 Å². The van der Waals surface area contributed by atoms with E-state index in [4.69, 9.17) is 11.6 Å². The molecule has 1 aliphatic rings. The van der Waals surface area contributed by atoms with Gasteiger partial charge in [-0.25, -0.2) is 4.39 Å². The largest absolute Gasteiger partial charge is 0.314 e. The van der Waals surface area contributed by atoms with Crippen molar-refractivity contribution >= 4 is 11.6 Å². The van der Waals surface area contributed by atoms with E-state index < -0.39 is 0 Å². The summed E-state index contributed by atoms with van der Waals surface area (Å²) in [4.78, 5) is 0. The second-order valence-electron chi connectivity index (χ2n) is 4.72. The summed E-state index contributed by atoms with van der Waals surface area (Å²) < 4.78 is 13.5. The van der Waals surface area contributed by atoms with E-state index in [0.717, 1.165) is 30.9 Å². The van der Waals surface area contributed by atoms with Gasteiger partial charge in [0.15, 0.2) is 0 Å². The second kappa shape index (κ2) is 5.15. The molecule has 2 rings (SSSR count). The Labute approximate surface area is 101 Å². The van der Waals surface area contributed by atoms with Gasteiger partial charge in [0.2, 0.25) is 0 Å². The zero-order chi connectivity index (χ0) is 11.5. The van der Waals surface area contributed by atoms with Crippen LogP contribution in [0.2, 0.25) is 5.02 Å². The Bertz CT molecular complexity index is 367. The van der Waals surface area contributed by atoms with E-state index in [1.54, 1.807) is 12.1 Å². The molecule has 1 N–H and O–H groups in total. The van der Waals surface area contributed by atoms with E-state index in [1.165, 1.54) is 12.5 Å². The van der Waals surface area contributed by atoms with E-state index in [0.29, 0.717) is 11.1 Å². The smallest absolute Gasteiger partial charge is 0.126 e. The van der Waals surface area contributed by atoms with Gasteiger partial charge in [0.1, 0.15) is 5.82 Å². The molecule has 0 aliphatic carbocycles. The summed E-state index contributed by atoms with van der Waals surface area (Å²) in [5.74, 6) is 0.581. The van der Waals surface area contributed by atoms with Crippen LogP contribution in [0.25, 0.3) is 0 Å². The van der Waals surface area contributed by atoms with Crippen molar-refractivity contribution in [1.29, 1.82) is 0 Å². The zero-order valence-electron chi connectivity index (χ0n) is 9.47. The molecule has 1 nitrogen and oxygen atoms in total. The molecule has 2 unspecified atom stereocenters. The van der Waals surface area contributed by atoms with Crippen LogP contribution in [-0.2, 0) is 6.42 Å². The van der Waals surface area contributed by atoms with Crippen molar-refractivity contribution in [1.82, 2.24) is 5.32 Å². The number of piperidine rings is 1. The maximum Gasteiger partial charge on any atom is 0.126 e. The number of hydrogen-bond acceptors (Lipinski definition) is 1. The fraction of sp³-hybridized carbons (Fsp3) is 0.538. The third-order valence-electron chi connectivity index (χ3n) is 3.23. The van der Waals surface area contributed by atoms with Crippen molar-refractivity contribution in [2.45, 2.75) is 32.2 Å². The number of rotatable bonds is 2. The lowest BCUT2D eigenvalue weighted by Gasteiger charge is -2.28. The van der Waals surface area contributed by atoms with Crippen molar-refractivity contribution in [3.8, 4) is 0 Å². The van der Waals surface area contributed by atoms with Gasteiger partial charge in [-0.05, 0) is 55.5 Å². The van der Waals surface area contributed by atoms with Gasteiger partial charge in [-0.1, -0.05) is 18.5 Å². The molecule has 16 heavy (non-hydrogen) atoms. The van der Waals surface area contributed by atoms with Gasteiger partial charge < -0.3 is 5.32 Å². The summed E-state index contributed by atoms with van der Waals surface area (Å²) in [5, 5.41) is 4.05. The fourth-order valence-electron chi connectivity index (χ4n) is 2.34. The first-order chi connectivity index (χ1) is 7.65. The molecule has 1 aliphatic heterocycles. The molecular weight excluding hydrogens is 225 g/mol. The third-order valence-corrected chi connectivity index (χ3v) is 3.47. The maximum absolute atomic E-state index is 13.5. The lowest BCUT2D eigenvalue weighted by Crippen LogP contribution is -2.38. The minimum atomic E-state index is -0.149. The summed E-state index contributed by atoms with van der Waals surface area (Å²) in [5.41, 5.74) is 0.721. The average Bonchev–Trinajstić information content (AvgIpc) is 2.24. The molecule has 1 aromatic rings. The molecule has 0 aromatic heterocycles. The van der Waals surface area contributed by atoms with Crippen LogP contribution in [0.4, 0.5) is 4.39 Å². The van der Waals surface area contributed by atoms with Crippen molar-refractivity contribution in [3.05, 3.63) is 34.6 Å². The molecule has 88 valence electrons. The van der Waals surface area contributed by atoms with Crippen LogP contribution in [0.5, 0.6) is 0 Å². The minimum Gasteiger partial charge on any atom is -0.314 e. The van der Waals surface area contributed by atoms with Crippen LogP contribution in [0, 0.1) is 11.7 Å². The number of halogens is 2. The summed E-state index contributed by atoms with van der Waals surface area (Å²) in [6.45, 7) is 3.29. The van der Waals surface area contributed by atoms with Crippen molar-refractivity contribution < 1.29 is 4.39 Å². The van der Waals surface area contributed by atoms with E-state index >= 15 is 0 Å². The van der Waals surface area contributed by atoms with E-state index in [9.17, 15) is 4.39 Å². The summed E-state index contributed by atoms with van der Waals surface area (Å²) in [6.07, 6.45) is 3.07. The number of nitrogens with one attached hydrogen (secondary N) is 1. The molecule has 0 amide bonds. The summed E-state index contributed by atoms with van der Waals surface area (Å²) in [6, 6.07) is 5.16. The Hall–Kier alpha value is -0.600. The highest BCUT2D eigenvalue weighted by molar-refractivity contribution is 6.30. The zero-order valence-corrected chi connectivity index (χ0v) is 10.2. The lowest BCUT2D eigenvalue weighted by atomic mass is 9.90. The quantitative estimate of drug-likeness (QED) is 0.837. The van der Waals surface area contributed by atoms with Crippen molar-refractivity contribution in [2.24, 2.45) is 5.92 Å². The van der Waals surface area contributed by atoms with Crippen LogP contribution < -0.4 is 5.32 Å². The highest BCUT2D eigenvalue weighted by Gasteiger charge is 2.19. The number of benzene rings is 1. The Morgan fingerprint density at radius 2 is 2.31 bits per heavy atom. The Balaban J connectivity index is 2.05. The van der Waals surface area contributed by atoms with Crippen LogP contribution in [0.1, 0.15) is 25.3 Å². The molecular formula is C13H17ClFN. The topological polar surface area (TPSA) is 12.0 Å². The molecule has 0 bridgehead atoms. The van der Waals surface area contributed by atoms with E-state index in [-0.39, 0.29) is 5.82 Å².